The van der Waals surface area contributed by atoms with E-state index >= 15 is 0 Å². The van der Waals surface area contributed by atoms with Crippen LogP contribution < -0.4 is 0 Å². The quantitative estimate of drug-likeness (QED) is 0.492. The molecule has 1 atom stereocenters. The number of hydrogen-bond acceptors (Lipinski definition) is 1. The first-order chi connectivity index (χ1) is 6.15. The summed E-state index contributed by atoms with van der Waals surface area (Å²) in [5.74, 6) is 2.92. The van der Waals surface area contributed by atoms with E-state index in [4.69, 9.17) is 6.42 Å². The van der Waals surface area contributed by atoms with E-state index in [0.29, 0.717) is 18.8 Å². The molecule has 1 heteroatoms. The fraction of sp³-hybridized carbons (Fsp3) is 0.667. The Labute approximate surface area is 81.9 Å². The van der Waals surface area contributed by atoms with E-state index in [1.807, 2.05) is 0 Å². The molecule has 0 bridgehead atoms. The van der Waals surface area contributed by atoms with Crippen molar-refractivity contribution in [2.24, 2.45) is 5.92 Å². The monoisotopic (exact) mass is 180 g/mol. The zero-order chi connectivity index (χ0) is 10.3. The van der Waals surface area contributed by atoms with Crippen molar-refractivity contribution >= 4 is 0 Å². The molecule has 0 heterocycles. The molecule has 0 amide bonds. The summed E-state index contributed by atoms with van der Waals surface area (Å²) in [7, 11) is 0. The summed E-state index contributed by atoms with van der Waals surface area (Å²) in [5.41, 5.74) is 0.960. The van der Waals surface area contributed by atoms with Crippen molar-refractivity contribution in [3.05, 3.63) is 12.2 Å². The zero-order valence-corrected chi connectivity index (χ0v) is 8.71. The van der Waals surface area contributed by atoms with Gasteiger partial charge >= 0.3 is 0 Å². The minimum absolute atomic E-state index is 0.268. The second kappa shape index (κ2) is 6.74. The Kier molecular flexibility index (Phi) is 6.36. The first-order valence-electron chi connectivity index (χ1n) is 4.93. The molecule has 0 saturated carbocycles. The van der Waals surface area contributed by atoms with Gasteiger partial charge in [-0.2, -0.15) is 0 Å². The normalized spacial score (nSPS) is 12.5. The molecule has 0 spiro atoms. The van der Waals surface area contributed by atoms with E-state index in [2.05, 4.69) is 26.3 Å². The highest BCUT2D eigenvalue weighted by Gasteiger charge is 2.15. The van der Waals surface area contributed by atoms with Crippen molar-refractivity contribution in [2.75, 3.05) is 0 Å². The minimum atomic E-state index is -0.268. The summed E-state index contributed by atoms with van der Waals surface area (Å²) in [6.07, 6.45) is 8.15. The summed E-state index contributed by atoms with van der Waals surface area (Å²) in [5, 5.41) is 9.78. The zero-order valence-electron chi connectivity index (χ0n) is 8.71. The summed E-state index contributed by atoms with van der Waals surface area (Å²) >= 11 is 0. The summed E-state index contributed by atoms with van der Waals surface area (Å²) < 4.78 is 0. The Morgan fingerprint density at radius 1 is 1.46 bits per heavy atom. The topological polar surface area (TPSA) is 20.2 Å². The van der Waals surface area contributed by atoms with E-state index in [0.717, 1.165) is 18.4 Å². The highest BCUT2D eigenvalue weighted by molar-refractivity contribution is 5.07. The third-order valence-corrected chi connectivity index (χ3v) is 2.44. The van der Waals surface area contributed by atoms with Gasteiger partial charge in [-0.1, -0.05) is 38.8 Å². The van der Waals surface area contributed by atoms with E-state index in [9.17, 15) is 5.11 Å². The highest BCUT2D eigenvalue weighted by atomic mass is 16.3. The number of terminal acetylenes is 1. The van der Waals surface area contributed by atoms with Gasteiger partial charge in [0.25, 0.3) is 0 Å². The lowest BCUT2D eigenvalue weighted by Gasteiger charge is -2.20. The molecule has 0 aromatic carbocycles. The van der Waals surface area contributed by atoms with Crippen LogP contribution in [0.4, 0.5) is 0 Å². The molecule has 13 heavy (non-hydrogen) atoms. The molecule has 0 aromatic rings. The second-order valence-electron chi connectivity index (χ2n) is 3.48. The van der Waals surface area contributed by atoms with Gasteiger partial charge in [0.2, 0.25) is 0 Å². The minimum Gasteiger partial charge on any atom is -0.393 e. The van der Waals surface area contributed by atoms with Crippen LogP contribution in [0.25, 0.3) is 0 Å². The van der Waals surface area contributed by atoms with Crippen LogP contribution in [0.1, 0.15) is 39.5 Å². The van der Waals surface area contributed by atoms with Crippen molar-refractivity contribution in [3.8, 4) is 12.3 Å². The van der Waals surface area contributed by atoms with Crippen molar-refractivity contribution in [2.45, 2.75) is 45.6 Å². The number of rotatable bonds is 6. The lowest BCUT2D eigenvalue weighted by molar-refractivity contribution is 0.103. The van der Waals surface area contributed by atoms with Gasteiger partial charge in [-0.05, 0) is 12.3 Å². The molecule has 0 fully saturated rings. The molecule has 74 valence electrons. The van der Waals surface area contributed by atoms with Gasteiger partial charge in [-0.15, -0.1) is 12.3 Å². The van der Waals surface area contributed by atoms with E-state index < -0.39 is 0 Å². The average molecular weight is 180 g/mol. The Balaban J connectivity index is 3.91. The van der Waals surface area contributed by atoms with Crippen LogP contribution in [0, 0.1) is 18.3 Å². The third kappa shape index (κ3) is 4.75. The molecule has 0 aliphatic heterocycles. The van der Waals surface area contributed by atoms with Gasteiger partial charge in [0.1, 0.15) is 0 Å². The Bertz CT molecular complexity index is 184. The van der Waals surface area contributed by atoms with Crippen LogP contribution in [-0.4, -0.2) is 11.2 Å². The second-order valence-corrected chi connectivity index (χ2v) is 3.48. The van der Waals surface area contributed by atoms with Gasteiger partial charge < -0.3 is 5.11 Å². The number of aliphatic hydroxyl groups excluding tert-OH is 1. The fourth-order valence-corrected chi connectivity index (χ4v) is 1.51. The maximum atomic E-state index is 9.78. The third-order valence-electron chi connectivity index (χ3n) is 2.44. The van der Waals surface area contributed by atoms with Crippen LogP contribution in [0.3, 0.4) is 0 Å². The molecule has 0 rings (SSSR count). The fourth-order valence-electron chi connectivity index (χ4n) is 1.51. The predicted molar refractivity (Wildman–Crippen MR) is 57.3 cm³/mol. The molecule has 0 radical (unpaired) electrons. The van der Waals surface area contributed by atoms with Gasteiger partial charge in [0, 0.05) is 6.42 Å². The molecule has 0 aliphatic rings. The van der Waals surface area contributed by atoms with Crippen molar-refractivity contribution in [1.82, 2.24) is 0 Å². The standard InChI is InChI=1S/C12H20O/c1-5-8-10(4)9-12(13)11(6-2)7-3/h1,11-13H,4,6-9H2,2-3H3. The molecule has 1 N–H and O–H groups in total. The predicted octanol–water partition coefficient (Wildman–Crippen LogP) is 2.75. The van der Waals surface area contributed by atoms with Gasteiger partial charge in [0.05, 0.1) is 6.10 Å². The largest absolute Gasteiger partial charge is 0.393 e. The van der Waals surface area contributed by atoms with Crippen LogP contribution in [0.5, 0.6) is 0 Å². The Morgan fingerprint density at radius 2 is 2.00 bits per heavy atom. The molecule has 1 unspecified atom stereocenters. The summed E-state index contributed by atoms with van der Waals surface area (Å²) in [6, 6.07) is 0. The first-order valence-corrected chi connectivity index (χ1v) is 4.93. The maximum absolute atomic E-state index is 9.78. The van der Waals surface area contributed by atoms with Crippen LogP contribution in [-0.2, 0) is 0 Å². The van der Waals surface area contributed by atoms with Crippen LogP contribution in [0.2, 0.25) is 0 Å². The Hall–Kier alpha value is -0.740. The smallest absolute Gasteiger partial charge is 0.0605 e. The van der Waals surface area contributed by atoms with Crippen molar-refractivity contribution in [1.29, 1.82) is 0 Å². The summed E-state index contributed by atoms with van der Waals surface area (Å²) in [4.78, 5) is 0. The van der Waals surface area contributed by atoms with Gasteiger partial charge in [-0.25, -0.2) is 0 Å². The Morgan fingerprint density at radius 3 is 2.38 bits per heavy atom. The first kappa shape index (κ1) is 12.3. The van der Waals surface area contributed by atoms with Crippen LogP contribution in [0.15, 0.2) is 12.2 Å². The van der Waals surface area contributed by atoms with Crippen LogP contribution >= 0.6 is 0 Å². The van der Waals surface area contributed by atoms with E-state index in [-0.39, 0.29) is 6.10 Å². The molecular weight excluding hydrogens is 160 g/mol. The number of hydrogen-bond donors (Lipinski definition) is 1. The van der Waals surface area contributed by atoms with Crippen molar-refractivity contribution in [3.63, 3.8) is 0 Å². The van der Waals surface area contributed by atoms with Gasteiger partial charge in [-0.3, -0.25) is 0 Å². The highest BCUT2D eigenvalue weighted by Crippen LogP contribution is 2.19. The SMILES string of the molecule is C#CCC(=C)CC(O)C(CC)CC. The van der Waals surface area contributed by atoms with E-state index in [1.165, 1.54) is 0 Å². The van der Waals surface area contributed by atoms with Crippen molar-refractivity contribution < 1.29 is 5.11 Å². The average Bonchev–Trinajstić information content (AvgIpc) is 2.06. The summed E-state index contributed by atoms with van der Waals surface area (Å²) in [6.45, 7) is 8.03. The molecule has 1 nitrogen and oxygen atoms in total. The number of aliphatic hydroxyl groups is 1. The van der Waals surface area contributed by atoms with E-state index in [1.54, 1.807) is 0 Å². The maximum Gasteiger partial charge on any atom is 0.0605 e. The lowest BCUT2D eigenvalue weighted by atomic mass is 9.91. The molecule has 0 saturated heterocycles. The lowest BCUT2D eigenvalue weighted by Crippen LogP contribution is -2.19. The molecule has 0 aromatic heterocycles. The molecular formula is C12H20O. The van der Waals surface area contributed by atoms with Gasteiger partial charge in [0.15, 0.2) is 0 Å². The molecule has 0 aliphatic carbocycles.